The van der Waals surface area contributed by atoms with Gasteiger partial charge in [0.25, 0.3) is 10.0 Å². The Balaban J connectivity index is 2.31. The van der Waals surface area contributed by atoms with Crippen LogP contribution < -0.4 is 4.72 Å². The maximum atomic E-state index is 12.2. The number of thiophene rings is 1. The van der Waals surface area contributed by atoms with E-state index in [1.807, 2.05) is 24.4 Å². The van der Waals surface area contributed by atoms with Gasteiger partial charge in [0, 0.05) is 4.88 Å². The molecule has 3 N–H and O–H groups in total. The van der Waals surface area contributed by atoms with Crippen molar-refractivity contribution in [2.24, 2.45) is 0 Å². The third kappa shape index (κ3) is 2.89. The largest absolute Gasteiger partial charge is 0.478 e. The van der Waals surface area contributed by atoms with Crippen LogP contribution in [0, 0.1) is 0 Å². The summed E-state index contributed by atoms with van der Waals surface area (Å²) < 4.78 is 27.0. The number of nitrogens with zero attached hydrogens (tertiary/aromatic N) is 1. The number of aromatic amines is 1. The normalized spacial score (nSPS) is 13.2. The molecule has 9 heteroatoms. The second kappa shape index (κ2) is 5.73. The second-order valence-electron chi connectivity index (χ2n) is 4.02. The number of carboxylic acid groups (broad SMARTS) is 1. The van der Waals surface area contributed by atoms with E-state index >= 15 is 0 Å². The molecule has 0 spiro atoms. The van der Waals surface area contributed by atoms with Gasteiger partial charge < -0.3 is 5.11 Å². The first kappa shape index (κ1) is 14.7. The molecule has 0 amide bonds. The summed E-state index contributed by atoms with van der Waals surface area (Å²) in [6.45, 7) is 1.85. The highest BCUT2D eigenvalue weighted by Crippen LogP contribution is 2.24. The van der Waals surface area contributed by atoms with E-state index in [1.54, 1.807) is 0 Å². The second-order valence-corrected chi connectivity index (χ2v) is 6.65. The number of nitrogens with one attached hydrogen (secondary N) is 2. The summed E-state index contributed by atoms with van der Waals surface area (Å²) in [6.07, 6.45) is 1.53. The predicted octanol–water partition coefficient (Wildman–Crippen LogP) is 1.60. The average Bonchev–Trinajstić information content (AvgIpc) is 3.06. The molecule has 0 bridgehead atoms. The van der Waals surface area contributed by atoms with Crippen LogP contribution in [0.15, 0.2) is 28.7 Å². The Hall–Kier alpha value is -1.71. The molecule has 0 aliphatic carbocycles. The standard InChI is InChI=1S/C11H13N3O4S2/c1-2-8(9-4-3-5-19-9)14-20(17,18)10-7(11(15)16)6-12-13-10/h3-6,8,14H,2H2,1H3,(H,12,13)(H,15,16). The number of aromatic nitrogens is 2. The minimum atomic E-state index is -3.97. The molecule has 7 nitrogen and oxygen atoms in total. The zero-order valence-corrected chi connectivity index (χ0v) is 12.2. The fraction of sp³-hybridized carbons (Fsp3) is 0.273. The summed E-state index contributed by atoms with van der Waals surface area (Å²) in [5, 5.41) is 16.1. The molecule has 2 rings (SSSR count). The molecule has 0 aliphatic rings. The first-order chi connectivity index (χ1) is 9.45. The van der Waals surface area contributed by atoms with E-state index in [0.29, 0.717) is 6.42 Å². The van der Waals surface area contributed by atoms with Crippen molar-refractivity contribution in [3.05, 3.63) is 34.2 Å². The number of carbonyl (C=O) groups is 1. The van der Waals surface area contributed by atoms with Crippen LogP contribution in [0.3, 0.4) is 0 Å². The van der Waals surface area contributed by atoms with Crippen molar-refractivity contribution in [1.82, 2.24) is 14.9 Å². The molecule has 108 valence electrons. The zero-order valence-electron chi connectivity index (χ0n) is 10.5. The van der Waals surface area contributed by atoms with E-state index in [2.05, 4.69) is 14.9 Å². The summed E-state index contributed by atoms with van der Waals surface area (Å²) >= 11 is 1.43. The monoisotopic (exact) mass is 315 g/mol. The fourth-order valence-corrected chi connectivity index (χ4v) is 4.03. The van der Waals surface area contributed by atoms with E-state index in [-0.39, 0.29) is 5.56 Å². The van der Waals surface area contributed by atoms with Gasteiger partial charge in [0.2, 0.25) is 0 Å². The molecule has 1 unspecified atom stereocenters. The number of aromatic carboxylic acids is 1. The number of H-pyrrole nitrogens is 1. The number of sulfonamides is 1. The van der Waals surface area contributed by atoms with Crippen LogP contribution >= 0.6 is 11.3 Å². The molecule has 0 radical (unpaired) electrons. The van der Waals surface area contributed by atoms with E-state index < -0.39 is 27.1 Å². The number of rotatable bonds is 6. The fourth-order valence-electron chi connectivity index (χ4n) is 1.71. The SMILES string of the molecule is CCC(NS(=O)(=O)c1[nH]ncc1C(=O)O)c1cccs1. The molecule has 20 heavy (non-hydrogen) atoms. The third-order valence-corrected chi connectivity index (χ3v) is 5.13. The van der Waals surface area contributed by atoms with Gasteiger partial charge in [-0.25, -0.2) is 17.9 Å². The summed E-state index contributed by atoms with van der Waals surface area (Å²) in [5.74, 6) is -1.34. The molecule has 0 aromatic carbocycles. The van der Waals surface area contributed by atoms with Crippen LogP contribution in [0.4, 0.5) is 0 Å². The Morgan fingerprint density at radius 2 is 2.35 bits per heavy atom. The van der Waals surface area contributed by atoms with Gasteiger partial charge >= 0.3 is 5.97 Å². The Bertz CT molecular complexity index is 691. The van der Waals surface area contributed by atoms with Crippen molar-refractivity contribution in [2.45, 2.75) is 24.4 Å². The van der Waals surface area contributed by atoms with Crippen LogP contribution in [0.5, 0.6) is 0 Å². The van der Waals surface area contributed by atoms with Gasteiger partial charge in [-0.3, -0.25) is 5.10 Å². The smallest absolute Gasteiger partial charge is 0.340 e. The van der Waals surface area contributed by atoms with E-state index in [0.717, 1.165) is 11.1 Å². The Morgan fingerprint density at radius 3 is 2.90 bits per heavy atom. The Kier molecular flexibility index (Phi) is 4.21. The van der Waals surface area contributed by atoms with E-state index in [9.17, 15) is 13.2 Å². The van der Waals surface area contributed by atoms with Crippen molar-refractivity contribution >= 4 is 27.3 Å². The first-order valence-corrected chi connectivity index (χ1v) is 8.14. The van der Waals surface area contributed by atoms with Crippen molar-refractivity contribution in [3.63, 3.8) is 0 Å². The molecule has 2 heterocycles. The van der Waals surface area contributed by atoms with Gasteiger partial charge in [0.1, 0.15) is 5.56 Å². The summed E-state index contributed by atoms with van der Waals surface area (Å²) in [7, 11) is -3.97. The highest BCUT2D eigenvalue weighted by molar-refractivity contribution is 7.89. The average molecular weight is 315 g/mol. The van der Waals surface area contributed by atoms with Crippen molar-refractivity contribution in [3.8, 4) is 0 Å². The van der Waals surface area contributed by atoms with Gasteiger partial charge in [0.15, 0.2) is 5.03 Å². The highest BCUT2D eigenvalue weighted by Gasteiger charge is 2.27. The van der Waals surface area contributed by atoms with Crippen molar-refractivity contribution in [2.75, 3.05) is 0 Å². The molecule has 0 saturated carbocycles. The maximum absolute atomic E-state index is 12.2. The molecule has 0 saturated heterocycles. The molecule has 2 aromatic heterocycles. The Labute approximate surface area is 119 Å². The lowest BCUT2D eigenvalue weighted by atomic mass is 10.2. The van der Waals surface area contributed by atoms with Crippen LogP contribution in [0.1, 0.15) is 34.6 Å². The third-order valence-electron chi connectivity index (χ3n) is 2.70. The molecule has 1 atom stereocenters. The molecule has 2 aromatic rings. The van der Waals surface area contributed by atoms with Crippen LogP contribution in [-0.4, -0.2) is 29.7 Å². The number of hydrogen-bond donors (Lipinski definition) is 3. The van der Waals surface area contributed by atoms with Crippen LogP contribution in [0.2, 0.25) is 0 Å². The molecule has 0 aliphatic heterocycles. The van der Waals surface area contributed by atoms with Gasteiger partial charge in [-0.1, -0.05) is 13.0 Å². The summed E-state index contributed by atoms with van der Waals surface area (Å²) in [5.41, 5.74) is -0.376. The van der Waals surface area contributed by atoms with Crippen LogP contribution in [-0.2, 0) is 10.0 Å². The van der Waals surface area contributed by atoms with Crippen LogP contribution in [0.25, 0.3) is 0 Å². The number of hydrogen-bond acceptors (Lipinski definition) is 5. The van der Waals surface area contributed by atoms with Gasteiger partial charge in [-0.15, -0.1) is 11.3 Å². The van der Waals surface area contributed by atoms with E-state index in [4.69, 9.17) is 5.11 Å². The van der Waals surface area contributed by atoms with Gasteiger partial charge in [-0.2, -0.15) is 5.10 Å². The van der Waals surface area contributed by atoms with Crippen molar-refractivity contribution < 1.29 is 18.3 Å². The summed E-state index contributed by atoms with van der Waals surface area (Å²) in [6, 6.07) is 3.26. The van der Waals surface area contributed by atoms with E-state index in [1.165, 1.54) is 11.3 Å². The topological polar surface area (TPSA) is 112 Å². The lowest BCUT2D eigenvalue weighted by Gasteiger charge is -2.15. The molecule has 0 fully saturated rings. The lowest BCUT2D eigenvalue weighted by Crippen LogP contribution is -2.29. The maximum Gasteiger partial charge on any atom is 0.340 e. The minimum absolute atomic E-state index is 0.376. The minimum Gasteiger partial charge on any atom is -0.478 e. The van der Waals surface area contributed by atoms with Gasteiger partial charge in [0.05, 0.1) is 12.2 Å². The predicted molar refractivity (Wildman–Crippen MR) is 73.2 cm³/mol. The van der Waals surface area contributed by atoms with Gasteiger partial charge in [-0.05, 0) is 17.9 Å². The Morgan fingerprint density at radius 1 is 1.60 bits per heavy atom. The highest BCUT2D eigenvalue weighted by atomic mass is 32.2. The summed E-state index contributed by atoms with van der Waals surface area (Å²) in [4.78, 5) is 11.8. The molecular formula is C11H13N3O4S2. The number of carboxylic acids is 1. The quantitative estimate of drug-likeness (QED) is 0.749. The zero-order chi connectivity index (χ0) is 14.8. The first-order valence-electron chi connectivity index (χ1n) is 5.78. The lowest BCUT2D eigenvalue weighted by molar-refractivity contribution is 0.0692. The molecular weight excluding hydrogens is 302 g/mol. The van der Waals surface area contributed by atoms with Crippen molar-refractivity contribution in [1.29, 1.82) is 0 Å².